The molecule has 0 radical (unpaired) electrons. The zero-order valence-electron chi connectivity index (χ0n) is 21.6. The SMILES string of the molecule is CCc1ccc2cc(CC)c(S(=O)(=O)[O-])cc2c1.CCc1ccc2cc(CC)c(S(=O)(=O)[O-])cc2c1.[Ca+2]. The number of benzene rings is 4. The fraction of sp³-hybridized carbons (Fsp3) is 0.286. The summed E-state index contributed by atoms with van der Waals surface area (Å²) in [5, 5.41) is 3.55. The molecule has 0 aliphatic heterocycles. The quantitative estimate of drug-likeness (QED) is 0.229. The third-order valence-electron chi connectivity index (χ3n) is 6.29. The van der Waals surface area contributed by atoms with Gasteiger partial charge in [-0.25, -0.2) is 16.8 Å². The predicted octanol–water partition coefficient (Wildman–Crippen LogP) is 5.36. The van der Waals surface area contributed by atoms with Gasteiger partial charge in [0.2, 0.25) is 0 Å². The van der Waals surface area contributed by atoms with E-state index in [1.807, 2.05) is 64.1 Å². The molecule has 6 nitrogen and oxygen atoms in total. The molecule has 4 rings (SSSR count). The number of hydrogen-bond donors (Lipinski definition) is 0. The number of aryl methyl sites for hydroxylation is 4. The molecule has 0 aliphatic rings. The Morgan fingerprint density at radius 3 is 1.14 bits per heavy atom. The van der Waals surface area contributed by atoms with E-state index in [1.165, 1.54) is 12.1 Å². The molecular formula is C28H30CaO6S2. The summed E-state index contributed by atoms with van der Waals surface area (Å²) in [6.07, 6.45) is 2.82. The van der Waals surface area contributed by atoms with Crippen molar-refractivity contribution in [3.63, 3.8) is 0 Å². The number of hydrogen-bond acceptors (Lipinski definition) is 6. The Morgan fingerprint density at radius 2 is 0.865 bits per heavy atom. The van der Waals surface area contributed by atoms with Crippen molar-refractivity contribution in [3.05, 3.63) is 82.9 Å². The van der Waals surface area contributed by atoms with E-state index in [2.05, 4.69) is 0 Å². The minimum Gasteiger partial charge on any atom is -0.744 e. The van der Waals surface area contributed by atoms with E-state index < -0.39 is 20.2 Å². The second-order valence-corrected chi connectivity index (χ2v) is 11.3. The minimum absolute atomic E-state index is 0. The molecule has 37 heavy (non-hydrogen) atoms. The van der Waals surface area contributed by atoms with Crippen LogP contribution in [0.2, 0.25) is 0 Å². The zero-order valence-corrected chi connectivity index (χ0v) is 25.4. The third kappa shape index (κ3) is 7.76. The smallest absolute Gasteiger partial charge is 0.744 e. The Hall–Kier alpha value is -1.52. The van der Waals surface area contributed by atoms with Crippen molar-refractivity contribution in [1.29, 1.82) is 0 Å². The summed E-state index contributed by atoms with van der Waals surface area (Å²) in [7, 11) is -8.81. The average molecular weight is 567 g/mol. The van der Waals surface area contributed by atoms with Crippen LogP contribution in [-0.4, -0.2) is 63.7 Å². The van der Waals surface area contributed by atoms with Crippen molar-refractivity contribution in [3.8, 4) is 0 Å². The van der Waals surface area contributed by atoms with Crippen molar-refractivity contribution in [1.82, 2.24) is 0 Å². The van der Waals surface area contributed by atoms with Gasteiger partial charge in [-0.15, -0.1) is 0 Å². The summed E-state index contributed by atoms with van der Waals surface area (Å²) >= 11 is 0. The van der Waals surface area contributed by atoms with Crippen LogP contribution in [0.25, 0.3) is 21.5 Å². The Bertz CT molecular complexity index is 1500. The first-order chi connectivity index (χ1) is 16.9. The normalized spacial score (nSPS) is 11.6. The first-order valence-electron chi connectivity index (χ1n) is 11.9. The topological polar surface area (TPSA) is 114 Å². The van der Waals surface area contributed by atoms with E-state index in [-0.39, 0.29) is 47.5 Å². The Morgan fingerprint density at radius 1 is 0.514 bits per heavy atom. The Labute approximate surface area is 249 Å². The van der Waals surface area contributed by atoms with E-state index in [1.54, 1.807) is 12.1 Å². The molecule has 0 heterocycles. The summed E-state index contributed by atoms with van der Waals surface area (Å²) < 4.78 is 67.5. The Balaban J connectivity index is 0.000000253. The van der Waals surface area contributed by atoms with Crippen LogP contribution in [-0.2, 0) is 45.9 Å². The van der Waals surface area contributed by atoms with Crippen molar-refractivity contribution >= 4 is 79.5 Å². The number of rotatable bonds is 6. The van der Waals surface area contributed by atoms with Gasteiger partial charge in [0.25, 0.3) is 0 Å². The second-order valence-electron chi connectivity index (χ2n) is 8.61. The largest absolute Gasteiger partial charge is 2.00 e. The third-order valence-corrected chi connectivity index (χ3v) is 8.12. The van der Waals surface area contributed by atoms with Gasteiger partial charge in [-0.2, -0.15) is 0 Å². The number of fused-ring (bicyclic) bond motifs is 2. The van der Waals surface area contributed by atoms with Gasteiger partial charge in [-0.3, -0.25) is 0 Å². The molecule has 9 heteroatoms. The molecule has 0 amide bonds. The standard InChI is InChI=1S/2C14H16O3S.Ca/c2*1-3-10-5-6-12-8-11(4-2)14(18(15,16)17)9-13(12)7-10;/h2*5-9H,3-4H2,1-2H3,(H,15,16,17);/q;;+2/p-2. The zero-order chi connectivity index (χ0) is 26.7. The summed E-state index contributed by atoms with van der Waals surface area (Å²) in [6.45, 7) is 7.76. The maximum absolute atomic E-state index is 11.3. The summed E-state index contributed by atoms with van der Waals surface area (Å²) in [6, 6.07) is 18.4. The molecule has 0 bridgehead atoms. The molecule has 0 unspecified atom stereocenters. The summed E-state index contributed by atoms with van der Waals surface area (Å²) in [4.78, 5) is -0.184. The summed E-state index contributed by atoms with van der Waals surface area (Å²) in [5.74, 6) is 0. The molecule has 0 saturated carbocycles. The van der Waals surface area contributed by atoms with Gasteiger partial charge in [0, 0.05) is 0 Å². The molecule has 0 atom stereocenters. The average Bonchev–Trinajstić information content (AvgIpc) is 2.85. The van der Waals surface area contributed by atoms with Crippen LogP contribution in [0.1, 0.15) is 49.9 Å². The van der Waals surface area contributed by atoms with Crippen LogP contribution >= 0.6 is 0 Å². The van der Waals surface area contributed by atoms with Gasteiger partial charge >= 0.3 is 37.7 Å². The molecule has 4 aromatic rings. The van der Waals surface area contributed by atoms with Crippen molar-refractivity contribution in [2.24, 2.45) is 0 Å². The van der Waals surface area contributed by atoms with Gasteiger partial charge < -0.3 is 9.11 Å². The van der Waals surface area contributed by atoms with Crippen molar-refractivity contribution in [2.75, 3.05) is 0 Å². The maximum Gasteiger partial charge on any atom is 2.00 e. The molecule has 0 N–H and O–H groups in total. The summed E-state index contributed by atoms with van der Waals surface area (Å²) in [5.41, 5.74) is 3.42. The van der Waals surface area contributed by atoms with Gasteiger partial charge in [-0.05, 0) is 93.7 Å². The van der Waals surface area contributed by atoms with Crippen LogP contribution < -0.4 is 0 Å². The predicted molar refractivity (Wildman–Crippen MR) is 147 cm³/mol. The first kappa shape index (κ1) is 31.7. The van der Waals surface area contributed by atoms with Crippen LogP contribution in [0.3, 0.4) is 0 Å². The fourth-order valence-corrected chi connectivity index (χ4v) is 5.80. The van der Waals surface area contributed by atoms with E-state index in [4.69, 9.17) is 0 Å². The fourth-order valence-electron chi connectivity index (χ4n) is 4.20. The first-order valence-corrected chi connectivity index (χ1v) is 14.8. The monoisotopic (exact) mass is 566 g/mol. The molecule has 0 aromatic heterocycles. The van der Waals surface area contributed by atoms with Crippen LogP contribution in [0.15, 0.2) is 70.5 Å². The van der Waals surface area contributed by atoms with Crippen LogP contribution in [0.4, 0.5) is 0 Å². The molecule has 192 valence electrons. The van der Waals surface area contributed by atoms with Crippen molar-refractivity contribution in [2.45, 2.75) is 63.2 Å². The van der Waals surface area contributed by atoms with Gasteiger partial charge in [0.15, 0.2) is 0 Å². The second kappa shape index (κ2) is 13.0. The molecule has 4 aromatic carbocycles. The Kier molecular flexibility index (Phi) is 11.2. The van der Waals surface area contributed by atoms with E-state index >= 15 is 0 Å². The van der Waals surface area contributed by atoms with Crippen molar-refractivity contribution < 1.29 is 25.9 Å². The molecule has 0 fully saturated rings. The maximum atomic E-state index is 11.3. The molecule has 0 saturated heterocycles. The van der Waals surface area contributed by atoms with E-state index in [0.29, 0.717) is 24.0 Å². The van der Waals surface area contributed by atoms with Gasteiger partial charge in [-0.1, -0.05) is 64.1 Å². The molecular weight excluding hydrogens is 537 g/mol. The van der Waals surface area contributed by atoms with Crippen LogP contribution in [0.5, 0.6) is 0 Å². The van der Waals surface area contributed by atoms with E-state index in [9.17, 15) is 25.9 Å². The van der Waals surface area contributed by atoms with Crippen LogP contribution in [0, 0.1) is 0 Å². The van der Waals surface area contributed by atoms with Gasteiger partial charge in [0.05, 0.1) is 9.79 Å². The van der Waals surface area contributed by atoms with E-state index in [0.717, 1.165) is 45.5 Å². The minimum atomic E-state index is -4.41. The van der Waals surface area contributed by atoms with Gasteiger partial charge in [0.1, 0.15) is 20.2 Å². The molecule has 0 aliphatic carbocycles. The molecule has 0 spiro atoms.